The summed E-state index contributed by atoms with van der Waals surface area (Å²) in [6.07, 6.45) is 8.99. The van der Waals surface area contributed by atoms with Gasteiger partial charge in [-0.25, -0.2) is 0 Å². The predicted molar refractivity (Wildman–Crippen MR) is 56.0 cm³/mol. The highest BCUT2D eigenvalue weighted by Gasteiger charge is 1.88. The van der Waals surface area contributed by atoms with Crippen molar-refractivity contribution < 1.29 is 4.89 Å². The Hall–Kier alpha value is 0.680. The number of hydrogen-bond donors (Lipinski definition) is 1. The molecule has 0 aliphatic heterocycles. The van der Waals surface area contributed by atoms with Crippen LogP contribution in [0.15, 0.2) is 0 Å². The highest BCUT2D eigenvalue weighted by atomic mass is 35.5. The normalized spacial score (nSPS) is 10.4. The van der Waals surface area contributed by atoms with Crippen molar-refractivity contribution in [3.63, 3.8) is 0 Å². The van der Waals surface area contributed by atoms with E-state index in [0.717, 1.165) is 6.16 Å². The van der Waals surface area contributed by atoms with E-state index in [2.05, 4.69) is 6.92 Å². The molecule has 70 valence electrons. The van der Waals surface area contributed by atoms with Gasteiger partial charge in [-0.05, 0) is 12.6 Å². The van der Waals surface area contributed by atoms with Crippen LogP contribution in [0.25, 0.3) is 0 Å². The molecule has 11 heavy (non-hydrogen) atoms. The molecule has 1 unspecified atom stereocenters. The highest BCUT2D eigenvalue weighted by molar-refractivity contribution is 7.31. The first-order chi connectivity index (χ1) is 4.91. The molecular formula is C8H20ClOP. The average molecular weight is 199 g/mol. The van der Waals surface area contributed by atoms with Crippen LogP contribution in [0.2, 0.25) is 0 Å². The molecule has 0 aromatic heterocycles. The number of unbranched alkanes of at least 4 members (excludes halogenated alkanes) is 5. The van der Waals surface area contributed by atoms with E-state index in [-0.39, 0.29) is 21.2 Å². The van der Waals surface area contributed by atoms with Gasteiger partial charge in [-0.3, -0.25) is 0 Å². The molecule has 1 N–H and O–H groups in total. The minimum Gasteiger partial charge on any atom is -0.377 e. The van der Waals surface area contributed by atoms with Gasteiger partial charge < -0.3 is 4.89 Å². The Morgan fingerprint density at radius 2 is 1.55 bits per heavy atom. The van der Waals surface area contributed by atoms with Crippen molar-refractivity contribution in [2.45, 2.75) is 45.4 Å². The van der Waals surface area contributed by atoms with Crippen LogP contribution in [0.3, 0.4) is 0 Å². The first-order valence-corrected chi connectivity index (χ1v) is 5.44. The van der Waals surface area contributed by atoms with Crippen molar-refractivity contribution in [3.8, 4) is 0 Å². The second-order valence-electron chi connectivity index (χ2n) is 2.68. The summed E-state index contributed by atoms with van der Waals surface area (Å²) in [6.45, 7) is 2.23. The zero-order valence-corrected chi connectivity index (χ0v) is 9.12. The fourth-order valence-corrected chi connectivity index (χ4v) is 1.39. The molecule has 0 saturated heterocycles. The van der Waals surface area contributed by atoms with Crippen LogP contribution in [-0.2, 0) is 0 Å². The van der Waals surface area contributed by atoms with Crippen molar-refractivity contribution in [3.05, 3.63) is 0 Å². The molecule has 0 aromatic carbocycles. The third-order valence-electron chi connectivity index (χ3n) is 1.64. The van der Waals surface area contributed by atoms with Gasteiger partial charge in [-0.1, -0.05) is 39.0 Å². The van der Waals surface area contributed by atoms with Crippen molar-refractivity contribution in [1.82, 2.24) is 0 Å². The van der Waals surface area contributed by atoms with Gasteiger partial charge in [0, 0.05) is 8.81 Å². The Bertz CT molecular complexity index is 54.1. The molecular weight excluding hydrogens is 179 g/mol. The minimum absolute atomic E-state index is 0. The minimum atomic E-state index is 0. The van der Waals surface area contributed by atoms with Crippen LogP contribution in [0.1, 0.15) is 45.4 Å². The van der Waals surface area contributed by atoms with E-state index in [1.165, 1.54) is 38.5 Å². The maximum Gasteiger partial charge on any atom is 0.0107 e. The first kappa shape index (κ1) is 14.2. The molecule has 0 spiro atoms. The Kier molecular flexibility index (Phi) is 17.2. The lowest BCUT2D eigenvalue weighted by Crippen LogP contribution is -1.79. The quantitative estimate of drug-likeness (QED) is 0.491. The van der Waals surface area contributed by atoms with E-state index in [4.69, 9.17) is 4.89 Å². The molecule has 3 heteroatoms. The second-order valence-corrected chi connectivity index (χ2v) is 3.49. The van der Waals surface area contributed by atoms with Gasteiger partial charge in [-0.2, -0.15) is 0 Å². The lowest BCUT2D eigenvalue weighted by Gasteiger charge is -1.97. The van der Waals surface area contributed by atoms with Gasteiger partial charge in [0.2, 0.25) is 0 Å². The number of rotatable bonds is 7. The summed E-state index contributed by atoms with van der Waals surface area (Å²) in [5.41, 5.74) is 0. The summed E-state index contributed by atoms with van der Waals surface area (Å²) in [4.78, 5) is 8.50. The summed E-state index contributed by atoms with van der Waals surface area (Å²) in [5, 5.41) is 0. The summed E-state index contributed by atoms with van der Waals surface area (Å²) in [6, 6.07) is 0. The smallest absolute Gasteiger partial charge is 0.0107 e. The summed E-state index contributed by atoms with van der Waals surface area (Å²) >= 11 is 0. The molecule has 1 atom stereocenters. The number of halogens is 1. The van der Waals surface area contributed by atoms with Crippen molar-refractivity contribution in [1.29, 1.82) is 0 Å². The van der Waals surface area contributed by atoms with Gasteiger partial charge >= 0.3 is 0 Å². The number of hydrogen-bond acceptors (Lipinski definition) is 1. The molecule has 0 aromatic rings. The first-order valence-electron chi connectivity index (χ1n) is 4.28. The van der Waals surface area contributed by atoms with Crippen LogP contribution in [0, 0.1) is 0 Å². The second kappa shape index (κ2) is 13.3. The molecule has 0 aliphatic rings. The molecule has 0 heterocycles. The summed E-state index contributed by atoms with van der Waals surface area (Å²) in [5.74, 6) is 0. The third-order valence-corrected chi connectivity index (χ3v) is 2.22. The van der Waals surface area contributed by atoms with Crippen LogP contribution in [0.4, 0.5) is 0 Å². The summed E-state index contributed by atoms with van der Waals surface area (Å²) in [7, 11) is 0.170. The van der Waals surface area contributed by atoms with E-state index >= 15 is 0 Å². The van der Waals surface area contributed by atoms with Gasteiger partial charge in [-0.15, -0.1) is 12.4 Å². The topological polar surface area (TPSA) is 20.2 Å². The average Bonchev–Trinajstić information content (AvgIpc) is 1.97. The van der Waals surface area contributed by atoms with Gasteiger partial charge in [0.15, 0.2) is 0 Å². The van der Waals surface area contributed by atoms with Crippen molar-refractivity contribution in [2.75, 3.05) is 6.16 Å². The maximum absolute atomic E-state index is 8.50. The lowest BCUT2D eigenvalue weighted by atomic mass is 10.1. The molecule has 0 amide bonds. The van der Waals surface area contributed by atoms with E-state index < -0.39 is 0 Å². The molecule has 0 bridgehead atoms. The van der Waals surface area contributed by atoms with E-state index in [1.54, 1.807) is 0 Å². The monoisotopic (exact) mass is 198 g/mol. The molecule has 0 fully saturated rings. The zero-order chi connectivity index (χ0) is 7.66. The van der Waals surface area contributed by atoms with Crippen molar-refractivity contribution >= 4 is 21.2 Å². The van der Waals surface area contributed by atoms with Crippen LogP contribution >= 0.6 is 21.2 Å². The Balaban J connectivity index is 0. The SMILES string of the molecule is CCCCCCCCPO.Cl. The zero-order valence-electron chi connectivity index (χ0n) is 7.31. The van der Waals surface area contributed by atoms with Crippen LogP contribution in [0.5, 0.6) is 0 Å². The van der Waals surface area contributed by atoms with Gasteiger partial charge in [0.05, 0.1) is 0 Å². The molecule has 0 radical (unpaired) electrons. The van der Waals surface area contributed by atoms with Gasteiger partial charge in [0.25, 0.3) is 0 Å². The summed E-state index contributed by atoms with van der Waals surface area (Å²) < 4.78 is 0. The Morgan fingerprint density at radius 3 is 2.09 bits per heavy atom. The molecule has 1 nitrogen and oxygen atoms in total. The fraction of sp³-hybridized carbons (Fsp3) is 1.00. The Morgan fingerprint density at radius 1 is 1.00 bits per heavy atom. The van der Waals surface area contributed by atoms with Crippen LogP contribution < -0.4 is 0 Å². The van der Waals surface area contributed by atoms with Crippen molar-refractivity contribution in [2.24, 2.45) is 0 Å². The predicted octanol–water partition coefficient (Wildman–Crippen LogP) is 3.35. The highest BCUT2D eigenvalue weighted by Crippen LogP contribution is 2.09. The third kappa shape index (κ3) is 13.6. The molecule has 0 rings (SSSR count). The fourth-order valence-electron chi connectivity index (χ4n) is 0.984. The molecule has 0 aliphatic carbocycles. The maximum atomic E-state index is 8.50. The van der Waals surface area contributed by atoms with Crippen LogP contribution in [-0.4, -0.2) is 11.1 Å². The largest absolute Gasteiger partial charge is 0.377 e. The molecule has 0 saturated carbocycles. The van der Waals surface area contributed by atoms with E-state index in [9.17, 15) is 0 Å². The lowest BCUT2D eigenvalue weighted by molar-refractivity contribution is 0.611. The Labute approximate surface area is 78.2 Å². The van der Waals surface area contributed by atoms with E-state index in [0.29, 0.717) is 0 Å². The van der Waals surface area contributed by atoms with Gasteiger partial charge in [0.1, 0.15) is 0 Å². The van der Waals surface area contributed by atoms with E-state index in [1.807, 2.05) is 0 Å². The standard InChI is InChI=1S/C8H19OP.ClH/c1-2-3-4-5-6-7-8-10-9;/h9-10H,2-8H2,1H3;1H.